The van der Waals surface area contributed by atoms with Crippen molar-refractivity contribution in [2.75, 3.05) is 26.7 Å². The molecule has 166 valence electrons. The van der Waals surface area contributed by atoms with Gasteiger partial charge in [0.2, 0.25) is 0 Å². The van der Waals surface area contributed by atoms with Crippen LogP contribution in [0.15, 0.2) is 42.5 Å². The van der Waals surface area contributed by atoms with Crippen LogP contribution in [-0.2, 0) is 6.54 Å². The van der Waals surface area contributed by atoms with Crippen LogP contribution in [0.2, 0.25) is 0 Å². The monoisotopic (exact) mass is 426 g/mol. The number of rotatable bonds is 8. The molecular formula is C23H30N4O4. The van der Waals surface area contributed by atoms with E-state index in [9.17, 15) is 14.7 Å². The molecule has 0 aliphatic carbocycles. The molecule has 0 unspecified atom stereocenters. The first-order valence-corrected chi connectivity index (χ1v) is 10.3. The maximum Gasteiger partial charge on any atom is 0.251 e. The molecule has 0 aromatic heterocycles. The Morgan fingerprint density at radius 2 is 1.74 bits per heavy atom. The quantitative estimate of drug-likeness (QED) is 0.435. The molecule has 5 N–H and O–H groups in total. The average molecular weight is 427 g/mol. The van der Waals surface area contributed by atoms with Gasteiger partial charge in [-0.1, -0.05) is 18.2 Å². The number of hydrogen-bond donors (Lipinski definition) is 5. The van der Waals surface area contributed by atoms with Gasteiger partial charge in [0.15, 0.2) is 0 Å². The van der Waals surface area contributed by atoms with Crippen molar-refractivity contribution in [3.63, 3.8) is 0 Å². The molecule has 1 aliphatic rings. The predicted molar refractivity (Wildman–Crippen MR) is 118 cm³/mol. The highest BCUT2D eigenvalue weighted by atomic mass is 16.5. The van der Waals surface area contributed by atoms with Gasteiger partial charge in [-0.15, -0.1) is 0 Å². The molecule has 3 rings (SSSR count). The Balaban J connectivity index is 1.62. The molecule has 0 atom stereocenters. The standard InChI is InChI=1S/C23H30N4O4/c1-23(2,30)14-25-22(29)16-6-4-5-15(9-16)11-24-21(28)17-7-8-19(20(10-17)31-3)18-12-26-27-13-18/h4-10,18,26-27,30H,11-14H2,1-3H3,(H,24,28)(H,25,29). The van der Waals surface area contributed by atoms with Gasteiger partial charge in [-0.05, 0) is 49.2 Å². The molecule has 2 aromatic rings. The Morgan fingerprint density at radius 1 is 1.06 bits per heavy atom. The van der Waals surface area contributed by atoms with Gasteiger partial charge in [-0.3, -0.25) is 20.4 Å². The topological polar surface area (TPSA) is 112 Å². The van der Waals surface area contributed by atoms with Crippen molar-refractivity contribution in [1.29, 1.82) is 0 Å². The van der Waals surface area contributed by atoms with Gasteiger partial charge in [0, 0.05) is 43.2 Å². The number of benzene rings is 2. The second-order valence-corrected chi connectivity index (χ2v) is 8.29. The zero-order valence-electron chi connectivity index (χ0n) is 18.1. The minimum absolute atomic E-state index is 0.150. The van der Waals surface area contributed by atoms with Crippen LogP contribution in [0.3, 0.4) is 0 Å². The van der Waals surface area contributed by atoms with E-state index < -0.39 is 5.60 Å². The zero-order chi connectivity index (χ0) is 22.4. The normalized spacial score (nSPS) is 14.3. The van der Waals surface area contributed by atoms with Crippen molar-refractivity contribution in [3.8, 4) is 5.75 Å². The van der Waals surface area contributed by atoms with Gasteiger partial charge in [0.1, 0.15) is 5.75 Å². The average Bonchev–Trinajstić information content (AvgIpc) is 3.29. The summed E-state index contributed by atoms with van der Waals surface area (Å²) >= 11 is 0. The minimum atomic E-state index is -0.983. The fourth-order valence-corrected chi connectivity index (χ4v) is 3.38. The Bertz CT molecular complexity index is 933. The number of amides is 2. The molecule has 0 bridgehead atoms. The van der Waals surface area contributed by atoms with E-state index in [1.165, 1.54) is 0 Å². The summed E-state index contributed by atoms with van der Waals surface area (Å²) in [6.07, 6.45) is 0. The van der Waals surface area contributed by atoms with Gasteiger partial charge < -0.3 is 20.5 Å². The number of aliphatic hydroxyl groups is 1. The van der Waals surface area contributed by atoms with E-state index in [4.69, 9.17) is 4.74 Å². The molecule has 2 aromatic carbocycles. The molecule has 2 amide bonds. The van der Waals surface area contributed by atoms with Crippen LogP contribution in [0.5, 0.6) is 5.75 Å². The number of hydrazine groups is 1. The van der Waals surface area contributed by atoms with Crippen LogP contribution in [-0.4, -0.2) is 49.3 Å². The lowest BCUT2D eigenvalue weighted by Gasteiger charge is -2.17. The number of ether oxygens (including phenoxy) is 1. The van der Waals surface area contributed by atoms with E-state index >= 15 is 0 Å². The highest BCUT2D eigenvalue weighted by Gasteiger charge is 2.21. The minimum Gasteiger partial charge on any atom is -0.496 e. The third-order valence-corrected chi connectivity index (χ3v) is 5.08. The van der Waals surface area contributed by atoms with E-state index in [0.29, 0.717) is 16.9 Å². The maximum absolute atomic E-state index is 12.7. The molecule has 31 heavy (non-hydrogen) atoms. The summed E-state index contributed by atoms with van der Waals surface area (Å²) in [4.78, 5) is 24.9. The molecule has 1 heterocycles. The Labute approximate surface area is 182 Å². The molecule has 1 aliphatic heterocycles. The van der Waals surface area contributed by atoms with E-state index in [1.54, 1.807) is 51.3 Å². The number of hydrogen-bond acceptors (Lipinski definition) is 6. The molecule has 8 heteroatoms. The summed E-state index contributed by atoms with van der Waals surface area (Å²) in [5, 5.41) is 15.3. The van der Waals surface area contributed by atoms with Crippen LogP contribution in [0.1, 0.15) is 51.6 Å². The third-order valence-electron chi connectivity index (χ3n) is 5.08. The van der Waals surface area contributed by atoms with Crippen LogP contribution >= 0.6 is 0 Å². The summed E-state index contributed by atoms with van der Waals surface area (Å²) in [6.45, 7) is 5.30. The first-order chi connectivity index (χ1) is 14.8. The van der Waals surface area contributed by atoms with Gasteiger partial charge in [0.05, 0.1) is 12.7 Å². The Kier molecular flexibility index (Phi) is 7.27. The lowest BCUT2D eigenvalue weighted by atomic mass is 9.97. The molecule has 0 spiro atoms. The Morgan fingerprint density at radius 3 is 2.42 bits per heavy atom. The van der Waals surface area contributed by atoms with Crippen molar-refractivity contribution in [3.05, 3.63) is 64.7 Å². The third kappa shape index (κ3) is 6.27. The summed E-state index contributed by atoms with van der Waals surface area (Å²) in [5.74, 6) is 0.488. The van der Waals surface area contributed by atoms with E-state index in [-0.39, 0.29) is 30.8 Å². The van der Waals surface area contributed by atoms with Crippen molar-refractivity contribution < 1.29 is 19.4 Å². The van der Waals surface area contributed by atoms with Crippen LogP contribution in [0, 0.1) is 0 Å². The number of carbonyl (C=O) groups is 2. The van der Waals surface area contributed by atoms with E-state index in [0.717, 1.165) is 24.2 Å². The summed E-state index contributed by atoms with van der Waals surface area (Å²) in [6, 6.07) is 12.5. The van der Waals surface area contributed by atoms with Crippen molar-refractivity contribution in [1.82, 2.24) is 21.5 Å². The lowest BCUT2D eigenvalue weighted by molar-refractivity contribution is 0.0694. The van der Waals surface area contributed by atoms with Crippen molar-refractivity contribution in [2.45, 2.75) is 31.9 Å². The van der Waals surface area contributed by atoms with Gasteiger partial charge in [-0.25, -0.2) is 0 Å². The second-order valence-electron chi connectivity index (χ2n) is 8.29. The SMILES string of the molecule is COc1cc(C(=O)NCc2cccc(C(=O)NCC(C)(C)O)c2)ccc1C1CNNC1. The van der Waals surface area contributed by atoms with E-state index in [2.05, 4.69) is 21.5 Å². The molecular weight excluding hydrogens is 396 g/mol. The highest BCUT2D eigenvalue weighted by Crippen LogP contribution is 2.28. The smallest absolute Gasteiger partial charge is 0.251 e. The molecule has 0 saturated carbocycles. The molecule has 1 saturated heterocycles. The predicted octanol–water partition coefficient (Wildman–Crippen LogP) is 1.32. The maximum atomic E-state index is 12.7. The molecule has 0 radical (unpaired) electrons. The summed E-state index contributed by atoms with van der Waals surface area (Å²) in [7, 11) is 1.60. The van der Waals surface area contributed by atoms with Crippen LogP contribution in [0.25, 0.3) is 0 Å². The summed E-state index contributed by atoms with van der Waals surface area (Å²) in [5.41, 5.74) is 8.06. The van der Waals surface area contributed by atoms with Gasteiger partial charge >= 0.3 is 0 Å². The summed E-state index contributed by atoms with van der Waals surface area (Å²) < 4.78 is 5.50. The molecule has 1 fully saturated rings. The van der Waals surface area contributed by atoms with Gasteiger partial charge in [0.25, 0.3) is 11.8 Å². The number of nitrogens with one attached hydrogen (secondary N) is 4. The first-order valence-electron chi connectivity index (χ1n) is 10.3. The van der Waals surface area contributed by atoms with Crippen LogP contribution in [0.4, 0.5) is 0 Å². The Hall–Kier alpha value is -2.94. The van der Waals surface area contributed by atoms with Crippen LogP contribution < -0.4 is 26.2 Å². The number of carbonyl (C=O) groups excluding carboxylic acids is 2. The second kappa shape index (κ2) is 9.91. The fourth-order valence-electron chi connectivity index (χ4n) is 3.38. The highest BCUT2D eigenvalue weighted by molar-refractivity contribution is 5.95. The first kappa shape index (κ1) is 22.7. The van der Waals surface area contributed by atoms with Gasteiger partial charge in [-0.2, -0.15) is 0 Å². The number of methoxy groups -OCH3 is 1. The largest absolute Gasteiger partial charge is 0.496 e. The fraction of sp³-hybridized carbons (Fsp3) is 0.391. The molecule has 8 nitrogen and oxygen atoms in total. The van der Waals surface area contributed by atoms with Crippen molar-refractivity contribution >= 4 is 11.8 Å². The van der Waals surface area contributed by atoms with Crippen molar-refractivity contribution in [2.24, 2.45) is 0 Å². The van der Waals surface area contributed by atoms with E-state index in [1.807, 2.05) is 12.1 Å². The lowest BCUT2D eigenvalue weighted by Crippen LogP contribution is -2.38. The zero-order valence-corrected chi connectivity index (χ0v) is 18.1.